The van der Waals surface area contributed by atoms with Crippen molar-refractivity contribution in [1.82, 2.24) is 0 Å². The molecular formula is C23H20BCl2NO5S. The molecule has 0 aliphatic rings. The highest BCUT2D eigenvalue weighted by Crippen LogP contribution is 2.26. The summed E-state index contributed by atoms with van der Waals surface area (Å²) in [5.74, 6) is 1.93. The Morgan fingerprint density at radius 2 is 1.45 bits per heavy atom. The summed E-state index contributed by atoms with van der Waals surface area (Å²) in [5, 5.41) is 22.0. The van der Waals surface area contributed by atoms with Gasteiger partial charge >= 0.3 is 7.12 Å². The van der Waals surface area contributed by atoms with Gasteiger partial charge in [0.05, 0.1) is 24.9 Å². The van der Waals surface area contributed by atoms with E-state index in [4.69, 9.17) is 49.6 Å². The van der Waals surface area contributed by atoms with Gasteiger partial charge in [-0.3, -0.25) is 0 Å². The van der Waals surface area contributed by atoms with Crippen molar-refractivity contribution in [2.75, 3.05) is 19.5 Å². The van der Waals surface area contributed by atoms with Gasteiger partial charge in [-0.15, -0.1) is 0 Å². The third kappa shape index (κ3) is 6.87. The summed E-state index contributed by atoms with van der Waals surface area (Å²) in [7, 11) is 1.47. The number of hydrogen-bond acceptors (Lipinski definition) is 6. The minimum Gasteiger partial charge on any atom is -0.497 e. The lowest BCUT2D eigenvalue weighted by molar-refractivity contribution is 0.394. The van der Waals surface area contributed by atoms with Crippen LogP contribution in [0.1, 0.15) is 11.1 Å². The third-order valence-corrected chi connectivity index (χ3v) is 5.36. The Morgan fingerprint density at radius 1 is 0.848 bits per heavy atom. The molecule has 0 unspecified atom stereocenters. The van der Waals surface area contributed by atoms with Crippen molar-refractivity contribution in [1.29, 1.82) is 0 Å². The number of ether oxygens (including phenoxy) is 3. The van der Waals surface area contributed by atoms with Gasteiger partial charge in [-0.25, -0.2) is 0 Å². The number of methoxy groups -OCH3 is 2. The first-order chi connectivity index (χ1) is 15.8. The van der Waals surface area contributed by atoms with Gasteiger partial charge in [-0.2, -0.15) is 0 Å². The Balaban J connectivity index is 1.66. The molecule has 0 heterocycles. The van der Waals surface area contributed by atoms with Gasteiger partial charge in [-0.1, -0.05) is 47.5 Å². The van der Waals surface area contributed by atoms with Crippen molar-refractivity contribution in [2.24, 2.45) is 0 Å². The molecule has 3 aromatic carbocycles. The lowest BCUT2D eigenvalue weighted by Gasteiger charge is -2.13. The molecule has 0 radical (unpaired) electrons. The maximum atomic E-state index is 9.40. The Labute approximate surface area is 207 Å². The molecule has 170 valence electrons. The van der Waals surface area contributed by atoms with E-state index in [0.29, 0.717) is 22.9 Å². The van der Waals surface area contributed by atoms with Crippen LogP contribution in [0.4, 0.5) is 5.69 Å². The molecule has 0 aliphatic heterocycles. The molecule has 0 aliphatic carbocycles. The highest BCUT2D eigenvalue weighted by atomic mass is 35.5. The van der Waals surface area contributed by atoms with Crippen molar-refractivity contribution < 1.29 is 24.3 Å². The largest absolute Gasteiger partial charge is 0.497 e. The lowest BCUT2D eigenvalue weighted by Crippen LogP contribution is -2.31. The fourth-order valence-corrected chi connectivity index (χ4v) is 3.60. The van der Waals surface area contributed by atoms with E-state index in [-0.39, 0.29) is 20.7 Å². The maximum Gasteiger partial charge on any atom is 0.490 e. The van der Waals surface area contributed by atoms with Gasteiger partial charge in [0.2, 0.25) is 0 Å². The van der Waals surface area contributed by atoms with Crippen LogP contribution in [0.3, 0.4) is 0 Å². The Kier molecular flexibility index (Phi) is 8.60. The van der Waals surface area contributed by atoms with E-state index in [9.17, 15) is 10.0 Å². The summed E-state index contributed by atoms with van der Waals surface area (Å²) in [6.45, 7) is 0. The predicted molar refractivity (Wildman–Crippen MR) is 138 cm³/mol. The number of anilines is 1. The zero-order valence-electron chi connectivity index (χ0n) is 17.7. The first-order valence-corrected chi connectivity index (χ1v) is 10.8. The third-order valence-electron chi connectivity index (χ3n) is 4.53. The number of halogens is 2. The minimum absolute atomic E-state index is 0.0318. The van der Waals surface area contributed by atoms with Gasteiger partial charge in [0.1, 0.15) is 17.2 Å². The number of nitrogens with one attached hydrogen (secondary N) is 1. The standard InChI is InChI=1S/C23H20BCl2NO5S/c1-30-17-9-15(10-18(11-17)31-2)4-3-14-5-7-16(8-6-14)32-23(33)27-22-12-19(24(28)29)20(25)13-21(22)26/h3-13,28-29H,1-2H3,(H,27,33)/b4-3+. The Bertz CT molecular complexity index is 1150. The van der Waals surface area contributed by atoms with Crippen LogP contribution >= 0.6 is 35.4 Å². The van der Waals surface area contributed by atoms with Gasteiger partial charge in [0.15, 0.2) is 0 Å². The fraction of sp³-hybridized carbons (Fsp3) is 0.0870. The molecule has 0 saturated carbocycles. The number of thiocarbonyl (C=S) groups is 1. The average molecular weight is 504 g/mol. The van der Waals surface area contributed by atoms with Crippen molar-refractivity contribution in [3.05, 3.63) is 75.8 Å². The summed E-state index contributed by atoms with van der Waals surface area (Å²) in [6.07, 6.45) is 3.90. The molecule has 0 atom stereocenters. The van der Waals surface area contributed by atoms with Crippen LogP contribution in [0.15, 0.2) is 54.6 Å². The van der Waals surface area contributed by atoms with Crippen molar-refractivity contribution in [3.63, 3.8) is 0 Å². The summed E-state index contributed by atoms with van der Waals surface area (Å²) in [5.41, 5.74) is 2.31. The minimum atomic E-state index is -1.75. The van der Waals surface area contributed by atoms with E-state index < -0.39 is 7.12 Å². The van der Waals surface area contributed by atoms with Gasteiger partial charge in [-0.05, 0) is 59.7 Å². The number of rotatable bonds is 7. The molecule has 0 bridgehead atoms. The fourth-order valence-electron chi connectivity index (χ4n) is 2.87. The lowest BCUT2D eigenvalue weighted by atomic mass is 9.80. The van der Waals surface area contributed by atoms with Gasteiger partial charge in [0.25, 0.3) is 5.17 Å². The van der Waals surface area contributed by atoms with Gasteiger partial charge in [0, 0.05) is 16.6 Å². The number of hydrogen-bond donors (Lipinski definition) is 3. The topological polar surface area (TPSA) is 80.2 Å². The quantitative estimate of drug-likeness (QED) is 0.246. The van der Waals surface area contributed by atoms with Crippen LogP contribution < -0.4 is 25.0 Å². The molecule has 3 N–H and O–H groups in total. The van der Waals surface area contributed by atoms with E-state index in [1.54, 1.807) is 26.4 Å². The van der Waals surface area contributed by atoms with Crippen LogP contribution in [0, 0.1) is 0 Å². The van der Waals surface area contributed by atoms with Crippen LogP contribution in [0.2, 0.25) is 10.0 Å². The Morgan fingerprint density at radius 3 is 2.03 bits per heavy atom. The van der Waals surface area contributed by atoms with E-state index in [2.05, 4.69) is 5.32 Å². The maximum absolute atomic E-state index is 9.40. The molecule has 3 aromatic rings. The highest BCUT2D eigenvalue weighted by Gasteiger charge is 2.18. The SMILES string of the molecule is COc1cc(/C=C/c2ccc(OC(=S)Nc3cc(B(O)O)c(Cl)cc3Cl)cc2)cc(OC)c1. The summed E-state index contributed by atoms with van der Waals surface area (Å²) >= 11 is 17.3. The molecule has 0 spiro atoms. The normalized spacial score (nSPS) is 10.7. The second-order valence-corrected chi connectivity index (χ2v) is 7.98. The smallest absolute Gasteiger partial charge is 0.490 e. The monoisotopic (exact) mass is 503 g/mol. The summed E-state index contributed by atoms with van der Waals surface area (Å²) < 4.78 is 16.2. The molecule has 0 aromatic heterocycles. The van der Waals surface area contributed by atoms with Crippen LogP contribution in [-0.2, 0) is 0 Å². The second kappa shape index (κ2) is 11.4. The molecule has 6 nitrogen and oxygen atoms in total. The van der Waals surface area contributed by atoms with E-state index >= 15 is 0 Å². The van der Waals surface area contributed by atoms with Crippen molar-refractivity contribution in [2.45, 2.75) is 0 Å². The van der Waals surface area contributed by atoms with Crippen LogP contribution in [0.25, 0.3) is 12.2 Å². The zero-order valence-corrected chi connectivity index (χ0v) is 20.0. The first-order valence-electron chi connectivity index (χ1n) is 9.64. The molecular weight excluding hydrogens is 484 g/mol. The van der Waals surface area contributed by atoms with E-state index in [1.165, 1.54) is 12.1 Å². The predicted octanol–water partition coefficient (Wildman–Crippen LogP) is 4.64. The van der Waals surface area contributed by atoms with E-state index in [0.717, 1.165) is 11.1 Å². The average Bonchev–Trinajstić information content (AvgIpc) is 2.79. The van der Waals surface area contributed by atoms with Crippen LogP contribution in [-0.4, -0.2) is 36.6 Å². The second-order valence-electron chi connectivity index (χ2n) is 6.79. The molecule has 0 fully saturated rings. The zero-order chi connectivity index (χ0) is 24.0. The molecule has 33 heavy (non-hydrogen) atoms. The highest BCUT2D eigenvalue weighted by molar-refractivity contribution is 7.80. The van der Waals surface area contributed by atoms with Crippen molar-refractivity contribution >= 4 is 71.0 Å². The van der Waals surface area contributed by atoms with Crippen LogP contribution in [0.5, 0.6) is 17.2 Å². The summed E-state index contributed by atoms with van der Waals surface area (Å²) in [4.78, 5) is 0. The van der Waals surface area contributed by atoms with Gasteiger partial charge < -0.3 is 29.6 Å². The molecule has 0 saturated heterocycles. The van der Waals surface area contributed by atoms with E-state index in [1.807, 2.05) is 42.5 Å². The number of benzene rings is 3. The van der Waals surface area contributed by atoms with Crippen molar-refractivity contribution in [3.8, 4) is 17.2 Å². The Hall–Kier alpha value is -2.75. The molecule has 3 rings (SSSR count). The molecule has 10 heteroatoms. The summed E-state index contributed by atoms with van der Waals surface area (Å²) in [6, 6.07) is 15.7. The first kappa shape index (κ1) is 24.9. The molecule has 0 amide bonds.